The lowest BCUT2D eigenvalue weighted by Crippen LogP contribution is -2.52. The number of halogens is 1. The minimum absolute atomic E-state index is 0.732. The summed E-state index contributed by atoms with van der Waals surface area (Å²) in [5, 5.41) is 0.771. The van der Waals surface area contributed by atoms with Gasteiger partial charge < -0.3 is 15.5 Å². The number of likely N-dealkylation sites (N-methyl/N-ethyl adjacent to an activating group) is 1. The van der Waals surface area contributed by atoms with Gasteiger partial charge in [-0.1, -0.05) is 11.6 Å². The minimum Gasteiger partial charge on any atom is -0.399 e. The second-order valence-electron chi connectivity index (χ2n) is 6.27. The zero-order valence-electron chi connectivity index (χ0n) is 12.8. The van der Waals surface area contributed by atoms with Gasteiger partial charge >= 0.3 is 0 Å². The van der Waals surface area contributed by atoms with E-state index in [2.05, 4.69) is 21.7 Å². The molecule has 2 aliphatic rings. The van der Waals surface area contributed by atoms with Gasteiger partial charge in [0.25, 0.3) is 0 Å². The second-order valence-corrected chi connectivity index (χ2v) is 6.68. The highest BCUT2D eigenvalue weighted by Crippen LogP contribution is 2.30. The lowest BCUT2D eigenvalue weighted by Gasteiger charge is -2.42. The van der Waals surface area contributed by atoms with E-state index < -0.39 is 0 Å². The molecule has 1 aromatic rings. The van der Waals surface area contributed by atoms with E-state index in [1.165, 1.54) is 39.0 Å². The molecule has 2 N–H and O–H groups in total. The zero-order valence-corrected chi connectivity index (χ0v) is 13.5. The van der Waals surface area contributed by atoms with Crippen LogP contribution in [-0.2, 0) is 0 Å². The third-order valence-corrected chi connectivity index (χ3v) is 5.13. The predicted molar refractivity (Wildman–Crippen MR) is 90.2 cm³/mol. The normalized spacial score (nSPS) is 22.7. The smallest absolute Gasteiger partial charge is 0.0660 e. The summed E-state index contributed by atoms with van der Waals surface area (Å²) in [6, 6.07) is 6.58. The first kappa shape index (κ1) is 14.9. The van der Waals surface area contributed by atoms with Gasteiger partial charge in [0.15, 0.2) is 0 Å². The highest BCUT2D eigenvalue weighted by atomic mass is 35.5. The molecule has 2 heterocycles. The van der Waals surface area contributed by atoms with E-state index in [1.807, 2.05) is 18.2 Å². The first-order chi connectivity index (χ1) is 10.1. The molecule has 2 saturated heterocycles. The maximum atomic E-state index is 6.33. The van der Waals surface area contributed by atoms with Crippen LogP contribution in [0, 0.1) is 0 Å². The van der Waals surface area contributed by atoms with Crippen LogP contribution in [0.15, 0.2) is 18.2 Å². The van der Waals surface area contributed by atoms with Crippen LogP contribution in [0.4, 0.5) is 11.4 Å². The predicted octanol–water partition coefficient (Wildman–Crippen LogP) is 2.14. The van der Waals surface area contributed by atoms with E-state index in [9.17, 15) is 0 Å². The summed E-state index contributed by atoms with van der Waals surface area (Å²) < 4.78 is 0. The maximum Gasteiger partial charge on any atom is 0.0660 e. The third kappa shape index (κ3) is 3.44. The molecular formula is C16H25ClN4. The molecule has 0 saturated carbocycles. The number of nitrogen functional groups attached to an aromatic ring is 1. The summed E-state index contributed by atoms with van der Waals surface area (Å²) >= 11 is 6.33. The number of rotatable bonds is 2. The maximum absolute atomic E-state index is 6.33. The quantitative estimate of drug-likeness (QED) is 0.849. The van der Waals surface area contributed by atoms with Gasteiger partial charge in [-0.3, -0.25) is 4.90 Å². The van der Waals surface area contributed by atoms with Crippen LogP contribution in [0.5, 0.6) is 0 Å². The Bertz CT molecular complexity index is 477. The number of piperidine rings is 1. The number of hydrogen-bond donors (Lipinski definition) is 1. The van der Waals surface area contributed by atoms with E-state index in [0.29, 0.717) is 0 Å². The van der Waals surface area contributed by atoms with E-state index >= 15 is 0 Å². The Labute approximate surface area is 132 Å². The molecule has 21 heavy (non-hydrogen) atoms. The molecule has 2 aliphatic heterocycles. The molecule has 3 rings (SSSR count). The van der Waals surface area contributed by atoms with Gasteiger partial charge in [-0.25, -0.2) is 0 Å². The fourth-order valence-electron chi connectivity index (χ4n) is 3.44. The summed E-state index contributed by atoms with van der Waals surface area (Å²) in [4.78, 5) is 7.48. The van der Waals surface area contributed by atoms with Crippen molar-refractivity contribution in [3.05, 3.63) is 23.2 Å². The lowest BCUT2D eigenvalue weighted by atomic mass is 10.0. The van der Waals surface area contributed by atoms with Crippen molar-refractivity contribution in [3.63, 3.8) is 0 Å². The van der Waals surface area contributed by atoms with Crippen LogP contribution in [0.1, 0.15) is 12.8 Å². The van der Waals surface area contributed by atoms with Crippen molar-refractivity contribution >= 4 is 23.0 Å². The number of benzene rings is 1. The zero-order chi connectivity index (χ0) is 14.8. The Morgan fingerprint density at radius 3 is 2.33 bits per heavy atom. The van der Waals surface area contributed by atoms with Gasteiger partial charge in [0.2, 0.25) is 0 Å². The molecule has 0 bridgehead atoms. The standard InChI is InChI=1S/C16H25ClN4/c1-19-8-10-20(11-9-19)14-4-6-21(7-5-14)16-3-2-13(18)12-15(16)17/h2-3,12,14H,4-11,18H2,1H3. The molecular weight excluding hydrogens is 284 g/mol. The second kappa shape index (κ2) is 6.42. The molecule has 0 radical (unpaired) electrons. The topological polar surface area (TPSA) is 35.7 Å². The molecule has 1 aromatic carbocycles. The number of hydrogen-bond acceptors (Lipinski definition) is 4. The number of nitrogens with two attached hydrogens (primary N) is 1. The summed E-state index contributed by atoms with van der Waals surface area (Å²) in [5.74, 6) is 0. The number of nitrogens with zero attached hydrogens (tertiary/aromatic N) is 3. The molecule has 4 nitrogen and oxygen atoms in total. The Kier molecular flexibility index (Phi) is 4.57. The van der Waals surface area contributed by atoms with Gasteiger partial charge in [-0.2, -0.15) is 0 Å². The van der Waals surface area contributed by atoms with Gasteiger partial charge in [-0.05, 0) is 38.1 Å². The van der Waals surface area contributed by atoms with E-state index in [-0.39, 0.29) is 0 Å². The fraction of sp³-hybridized carbons (Fsp3) is 0.625. The Morgan fingerprint density at radius 1 is 1.05 bits per heavy atom. The Hall–Kier alpha value is -0.970. The molecule has 0 unspecified atom stereocenters. The Balaban J connectivity index is 1.57. The molecule has 0 atom stereocenters. The van der Waals surface area contributed by atoms with Crippen LogP contribution in [0.2, 0.25) is 5.02 Å². The molecule has 0 aromatic heterocycles. The third-order valence-electron chi connectivity index (χ3n) is 4.83. The van der Waals surface area contributed by atoms with Crippen LogP contribution < -0.4 is 10.6 Å². The van der Waals surface area contributed by atoms with Crippen LogP contribution >= 0.6 is 11.6 Å². The highest BCUT2D eigenvalue weighted by molar-refractivity contribution is 6.33. The summed E-state index contributed by atoms with van der Waals surface area (Å²) in [6.45, 7) is 6.99. The van der Waals surface area contributed by atoms with Crippen LogP contribution in [0.3, 0.4) is 0 Å². The van der Waals surface area contributed by atoms with Crippen molar-refractivity contribution in [2.75, 3.05) is 56.9 Å². The fourth-order valence-corrected chi connectivity index (χ4v) is 3.75. The van der Waals surface area contributed by atoms with Crippen LogP contribution in [-0.4, -0.2) is 62.2 Å². The summed E-state index contributed by atoms with van der Waals surface area (Å²) in [6.07, 6.45) is 2.45. The first-order valence-electron chi connectivity index (χ1n) is 7.86. The van der Waals surface area contributed by atoms with Crippen molar-refractivity contribution < 1.29 is 0 Å². The summed E-state index contributed by atoms with van der Waals surface area (Å²) in [5.41, 5.74) is 7.63. The Morgan fingerprint density at radius 2 is 1.71 bits per heavy atom. The van der Waals surface area contributed by atoms with Crippen molar-refractivity contribution in [1.82, 2.24) is 9.80 Å². The SMILES string of the molecule is CN1CCN(C2CCN(c3ccc(N)cc3Cl)CC2)CC1. The molecule has 0 aliphatic carbocycles. The van der Waals surface area contributed by atoms with Gasteiger partial charge in [0.1, 0.15) is 0 Å². The minimum atomic E-state index is 0.732. The molecule has 116 valence electrons. The molecule has 0 spiro atoms. The average molecular weight is 309 g/mol. The molecule has 5 heteroatoms. The van der Waals surface area contributed by atoms with Gasteiger partial charge in [0.05, 0.1) is 10.7 Å². The first-order valence-corrected chi connectivity index (χ1v) is 8.24. The highest BCUT2D eigenvalue weighted by Gasteiger charge is 2.27. The monoisotopic (exact) mass is 308 g/mol. The van der Waals surface area contributed by atoms with Gasteiger partial charge in [0, 0.05) is 51.0 Å². The van der Waals surface area contributed by atoms with Crippen molar-refractivity contribution in [3.8, 4) is 0 Å². The van der Waals surface area contributed by atoms with E-state index in [4.69, 9.17) is 17.3 Å². The lowest BCUT2D eigenvalue weighted by molar-refractivity contribution is 0.0982. The molecule has 2 fully saturated rings. The van der Waals surface area contributed by atoms with E-state index in [1.54, 1.807) is 0 Å². The van der Waals surface area contributed by atoms with Crippen molar-refractivity contribution in [2.24, 2.45) is 0 Å². The largest absolute Gasteiger partial charge is 0.399 e. The van der Waals surface area contributed by atoms with Crippen molar-refractivity contribution in [1.29, 1.82) is 0 Å². The van der Waals surface area contributed by atoms with E-state index in [0.717, 1.165) is 35.5 Å². The number of piperazine rings is 1. The van der Waals surface area contributed by atoms with Crippen LogP contribution in [0.25, 0.3) is 0 Å². The average Bonchev–Trinajstić information content (AvgIpc) is 2.48. The number of anilines is 2. The molecule has 0 amide bonds. The summed E-state index contributed by atoms with van der Waals surface area (Å²) in [7, 11) is 2.21. The van der Waals surface area contributed by atoms with Gasteiger partial charge in [-0.15, -0.1) is 0 Å². The van der Waals surface area contributed by atoms with Crippen molar-refractivity contribution in [2.45, 2.75) is 18.9 Å².